The number of hydrazone groups is 1. The van der Waals surface area contributed by atoms with Crippen LogP contribution in [0.3, 0.4) is 0 Å². The highest BCUT2D eigenvalue weighted by Gasteiger charge is 2.31. The Balaban J connectivity index is 1.84. The number of carbonyl (C=O) groups is 1. The molecule has 28 heavy (non-hydrogen) atoms. The number of nitrogens with zero attached hydrogens (tertiary/aromatic N) is 3. The Bertz CT molecular complexity index is 926. The predicted molar refractivity (Wildman–Crippen MR) is 109 cm³/mol. The molecule has 1 aliphatic rings. The number of ether oxygens (including phenoxy) is 2. The largest absolute Gasteiger partial charge is 0.472 e. The van der Waals surface area contributed by atoms with Crippen LogP contribution in [0.5, 0.6) is 5.88 Å². The lowest BCUT2D eigenvalue weighted by atomic mass is 10.1. The number of amides is 1. The molecule has 8 nitrogen and oxygen atoms in total. The Labute approximate surface area is 168 Å². The molecule has 4 N–H and O–H groups in total. The molecule has 1 unspecified atom stereocenters. The van der Waals surface area contributed by atoms with E-state index < -0.39 is 5.60 Å². The van der Waals surface area contributed by atoms with Gasteiger partial charge in [0.15, 0.2) is 5.84 Å². The predicted octanol–water partition coefficient (Wildman–Crippen LogP) is 2.86. The number of hydrogen-bond donors (Lipinski definition) is 2. The van der Waals surface area contributed by atoms with Gasteiger partial charge in [0.25, 0.3) is 0 Å². The van der Waals surface area contributed by atoms with Gasteiger partial charge in [-0.2, -0.15) is 5.10 Å². The third kappa shape index (κ3) is 4.56. The molecule has 150 valence electrons. The molecule has 1 amide bonds. The summed E-state index contributed by atoms with van der Waals surface area (Å²) in [5.41, 5.74) is 5.69. The van der Waals surface area contributed by atoms with E-state index in [2.05, 4.69) is 10.1 Å². The number of nitrogens with two attached hydrogens (primary N) is 2. The van der Waals surface area contributed by atoms with Gasteiger partial charge >= 0.3 is 6.09 Å². The Kier molecular flexibility index (Phi) is 5.51. The van der Waals surface area contributed by atoms with Crippen molar-refractivity contribution in [1.29, 1.82) is 0 Å². The van der Waals surface area contributed by atoms with Crippen LogP contribution in [0.1, 0.15) is 32.9 Å². The number of fused-ring (bicyclic) bond motifs is 1. The monoisotopic (exact) mass is 405 g/mol. The average molecular weight is 406 g/mol. The van der Waals surface area contributed by atoms with Gasteiger partial charge in [0.05, 0.1) is 6.54 Å². The molecule has 1 aliphatic heterocycles. The van der Waals surface area contributed by atoms with Crippen molar-refractivity contribution < 1.29 is 14.3 Å². The van der Waals surface area contributed by atoms with Gasteiger partial charge in [-0.25, -0.2) is 9.78 Å². The number of benzene rings is 1. The number of aromatic nitrogens is 1. The molecule has 1 aromatic carbocycles. The van der Waals surface area contributed by atoms with Crippen LogP contribution in [0, 0.1) is 0 Å². The lowest BCUT2D eigenvalue weighted by molar-refractivity contribution is 0.0275. The molecular weight excluding hydrogens is 382 g/mol. The molecule has 9 heteroatoms. The molecule has 1 fully saturated rings. The summed E-state index contributed by atoms with van der Waals surface area (Å²) in [5.74, 6) is 5.76. The Morgan fingerprint density at radius 1 is 1.36 bits per heavy atom. The van der Waals surface area contributed by atoms with Crippen molar-refractivity contribution in [1.82, 2.24) is 9.88 Å². The molecule has 3 rings (SSSR count). The molecule has 2 heterocycles. The van der Waals surface area contributed by atoms with Crippen molar-refractivity contribution in [3.8, 4) is 5.88 Å². The van der Waals surface area contributed by atoms with E-state index in [0.717, 1.165) is 10.8 Å². The van der Waals surface area contributed by atoms with Crippen LogP contribution >= 0.6 is 11.6 Å². The zero-order chi connectivity index (χ0) is 20.5. The van der Waals surface area contributed by atoms with Crippen LogP contribution in [0.4, 0.5) is 4.79 Å². The van der Waals surface area contributed by atoms with E-state index in [1.165, 1.54) is 0 Å². The zero-order valence-electron chi connectivity index (χ0n) is 16.1. The SMILES string of the molecule is CC(C)(C)OC(=O)N1CCC(Oc2nc(C(N)=NN)cc3ccc(Cl)cc23)C1. The van der Waals surface area contributed by atoms with Gasteiger partial charge < -0.3 is 25.9 Å². The van der Waals surface area contributed by atoms with Gasteiger partial charge in [0, 0.05) is 23.4 Å². The second-order valence-corrected chi connectivity index (χ2v) is 8.08. The van der Waals surface area contributed by atoms with E-state index in [1.54, 1.807) is 23.1 Å². The highest BCUT2D eigenvalue weighted by atomic mass is 35.5. The lowest BCUT2D eigenvalue weighted by Crippen LogP contribution is -2.36. The number of hydrogen-bond acceptors (Lipinski definition) is 6. The Morgan fingerprint density at radius 2 is 2.11 bits per heavy atom. The first kappa shape index (κ1) is 20.0. The highest BCUT2D eigenvalue weighted by Crippen LogP contribution is 2.30. The van der Waals surface area contributed by atoms with Crippen molar-refractivity contribution in [3.63, 3.8) is 0 Å². The normalized spacial score (nSPS) is 17.8. The van der Waals surface area contributed by atoms with Crippen molar-refractivity contribution >= 4 is 34.3 Å². The van der Waals surface area contributed by atoms with E-state index >= 15 is 0 Å². The lowest BCUT2D eigenvalue weighted by Gasteiger charge is -2.24. The van der Waals surface area contributed by atoms with Crippen molar-refractivity contribution in [2.75, 3.05) is 13.1 Å². The number of amidine groups is 1. The molecule has 0 radical (unpaired) electrons. The second kappa shape index (κ2) is 7.71. The first-order valence-electron chi connectivity index (χ1n) is 8.95. The summed E-state index contributed by atoms with van der Waals surface area (Å²) in [7, 11) is 0. The fraction of sp³-hybridized carbons (Fsp3) is 0.421. The van der Waals surface area contributed by atoms with Gasteiger partial charge in [-0.15, -0.1) is 0 Å². The van der Waals surface area contributed by atoms with E-state index in [0.29, 0.717) is 36.1 Å². The van der Waals surface area contributed by atoms with Gasteiger partial charge in [-0.1, -0.05) is 17.7 Å². The first-order valence-corrected chi connectivity index (χ1v) is 9.32. The summed E-state index contributed by atoms with van der Waals surface area (Å²) in [6.07, 6.45) is 0.0782. The van der Waals surface area contributed by atoms with E-state index in [4.69, 9.17) is 32.7 Å². The maximum atomic E-state index is 12.3. The van der Waals surface area contributed by atoms with Gasteiger partial charge in [-0.05, 0) is 44.4 Å². The third-order valence-corrected chi connectivity index (χ3v) is 4.47. The summed E-state index contributed by atoms with van der Waals surface area (Å²) < 4.78 is 11.5. The van der Waals surface area contributed by atoms with Crippen LogP contribution in [-0.4, -0.2) is 46.6 Å². The van der Waals surface area contributed by atoms with E-state index in [-0.39, 0.29) is 18.0 Å². The molecule has 2 aromatic rings. The minimum Gasteiger partial charge on any atom is -0.472 e. The number of pyridine rings is 1. The van der Waals surface area contributed by atoms with Crippen molar-refractivity contribution in [2.45, 2.75) is 38.9 Å². The minimum absolute atomic E-state index is 0.100. The molecule has 1 atom stereocenters. The molecule has 0 aliphatic carbocycles. The summed E-state index contributed by atoms with van der Waals surface area (Å²) >= 11 is 6.14. The quantitative estimate of drug-likeness (QED) is 0.351. The zero-order valence-corrected chi connectivity index (χ0v) is 16.9. The number of halogens is 1. The van der Waals surface area contributed by atoms with Gasteiger partial charge in [0.1, 0.15) is 17.4 Å². The molecular formula is C19H24ClN5O3. The van der Waals surface area contributed by atoms with E-state index in [9.17, 15) is 4.79 Å². The average Bonchev–Trinajstić information content (AvgIpc) is 3.08. The molecule has 0 saturated carbocycles. The number of rotatable bonds is 3. The summed E-state index contributed by atoms with van der Waals surface area (Å²) in [4.78, 5) is 18.4. The van der Waals surface area contributed by atoms with Crippen molar-refractivity contribution in [3.05, 3.63) is 35.0 Å². The van der Waals surface area contributed by atoms with E-state index in [1.807, 2.05) is 26.8 Å². The standard InChI is InChI=1S/C19H24ClN5O3/c1-19(2,3)28-18(26)25-7-6-13(10-25)27-17-14-9-12(20)5-4-11(14)8-15(23-17)16(21)24-22/h4-5,8-9,13H,6-7,10,22H2,1-3H3,(H2,21,24). The number of likely N-dealkylation sites (tertiary alicyclic amines) is 1. The Hall–Kier alpha value is -2.74. The van der Waals surface area contributed by atoms with Crippen LogP contribution < -0.4 is 16.3 Å². The summed E-state index contributed by atoms with van der Waals surface area (Å²) in [5, 5.41) is 5.66. The smallest absolute Gasteiger partial charge is 0.410 e. The topological polar surface area (TPSA) is 116 Å². The summed E-state index contributed by atoms with van der Waals surface area (Å²) in [6.45, 7) is 6.46. The van der Waals surface area contributed by atoms with Crippen LogP contribution in [-0.2, 0) is 4.74 Å². The summed E-state index contributed by atoms with van der Waals surface area (Å²) in [6, 6.07) is 7.17. The first-order chi connectivity index (χ1) is 13.2. The Morgan fingerprint density at radius 3 is 2.79 bits per heavy atom. The minimum atomic E-state index is -0.544. The van der Waals surface area contributed by atoms with Crippen LogP contribution in [0.2, 0.25) is 5.02 Å². The fourth-order valence-corrected chi connectivity index (χ4v) is 3.12. The highest BCUT2D eigenvalue weighted by molar-refractivity contribution is 6.31. The number of carbonyl (C=O) groups excluding carboxylic acids is 1. The molecule has 1 aromatic heterocycles. The third-order valence-electron chi connectivity index (χ3n) is 4.24. The second-order valence-electron chi connectivity index (χ2n) is 7.65. The molecule has 0 spiro atoms. The fourth-order valence-electron chi connectivity index (χ4n) is 2.95. The molecule has 0 bridgehead atoms. The van der Waals surface area contributed by atoms with Gasteiger partial charge in [-0.3, -0.25) is 0 Å². The maximum absolute atomic E-state index is 12.3. The molecule has 1 saturated heterocycles. The maximum Gasteiger partial charge on any atom is 0.410 e. The van der Waals surface area contributed by atoms with Crippen LogP contribution in [0.25, 0.3) is 10.8 Å². The van der Waals surface area contributed by atoms with Crippen LogP contribution in [0.15, 0.2) is 29.4 Å². The van der Waals surface area contributed by atoms with Crippen molar-refractivity contribution in [2.24, 2.45) is 16.7 Å². The van der Waals surface area contributed by atoms with Gasteiger partial charge in [0.2, 0.25) is 5.88 Å².